The Labute approximate surface area is 54.3 Å². The SMILES string of the molecule is C[C@@H](O)N1CCCC1=O. The molecule has 1 atom stereocenters. The summed E-state index contributed by atoms with van der Waals surface area (Å²) in [7, 11) is 0. The first-order valence-electron chi connectivity index (χ1n) is 3.19. The van der Waals surface area contributed by atoms with Crippen LogP contribution >= 0.6 is 0 Å². The van der Waals surface area contributed by atoms with Crippen molar-refractivity contribution in [2.24, 2.45) is 0 Å². The Morgan fingerprint density at radius 3 is 2.67 bits per heavy atom. The lowest BCUT2D eigenvalue weighted by Gasteiger charge is -2.17. The van der Waals surface area contributed by atoms with Crippen molar-refractivity contribution in [3.63, 3.8) is 0 Å². The second-order valence-corrected chi connectivity index (χ2v) is 2.32. The Kier molecular flexibility index (Phi) is 1.71. The molecule has 0 spiro atoms. The molecule has 1 aliphatic rings. The summed E-state index contributed by atoms with van der Waals surface area (Å²) < 4.78 is 0. The molecule has 9 heavy (non-hydrogen) atoms. The van der Waals surface area contributed by atoms with Crippen LogP contribution in [0.15, 0.2) is 0 Å². The third-order valence-corrected chi connectivity index (χ3v) is 1.56. The van der Waals surface area contributed by atoms with Crippen LogP contribution in [-0.4, -0.2) is 28.7 Å². The lowest BCUT2D eigenvalue weighted by atomic mass is 10.4. The number of hydrogen-bond donors (Lipinski definition) is 1. The van der Waals surface area contributed by atoms with Crippen LogP contribution in [0, 0.1) is 0 Å². The molecule has 1 amide bonds. The molecular weight excluding hydrogens is 118 g/mol. The summed E-state index contributed by atoms with van der Waals surface area (Å²) in [4.78, 5) is 12.3. The number of rotatable bonds is 1. The Hall–Kier alpha value is -0.570. The second-order valence-electron chi connectivity index (χ2n) is 2.32. The fraction of sp³-hybridized carbons (Fsp3) is 0.833. The molecule has 0 saturated carbocycles. The zero-order valence-corrected chi connectivity index (χ0v) is 5.50. The highest BCUT2D eigenvalue weighted by molar-refractivity contribution is 5.78. The van der Waals surface area contributed by atoms with Crippen LogP contribution in [0.2, 0.25) is 0 Å². The Morgan fingerprint density at radius 1 is 1.78 bits per heavy atom. The molecular formula is C6H11NO2. The topological polar surface area (TPSA) is 40.5 Å². The molecule has 52 valence electrons. The van der Waals surface area contributed by atoms with Crippen LogP contribution in [-0.2, 0) is 4.79 Å². The highest BCUT2D eigenvalue weighted by Gasteiger charge is 2.22. The molecule has 0 radical (unpaired) electrons. The van der Waals surface area contributed by atoms with Crippen molar-refractivity contribution in [2.45, 2.75) is 26.0 Å². The van der Waals surface area contributed by atoms with Gasteiger partial charge in [-0.25, -0.2) is 0 Å². The zero-order valence-electron chi connectivity index (χ0n) is 5.50. The van der Waals surface area contributed by atoms with Gasteiger partial charge in [-0.1, -0.05) is 0 Å². The largest absolute Gasteiger partial charge is 0.374 e. The molecule has 0 bridgehead atoms. The standard InChI is InChI=1S/C6H11NO2/c1-5(8)7-4-2-3-6(7)9/h5,8H,2-4H2,1H3/t5-/m1/s1. The minimum absolute atomic E-state index is 0.0741. The summed E-state index contributed by atoms with van der Waals surface area (Å²) in [5, 5.41) is 8.93. The first kappa shape index (κ1) is 6.55. The molecule has 1 fully saturated rings. The van der Waals surface area contributed by atoms with Crippen LogP contribution in [0.25, 0.3) is 0 Å². The third kappa shape index (κ3) is 1.21. The summed E-state index contributed by atoms with van der Waals surface area (Å²) >= 11 is 0. The Balaban J connectivity index is 2.49. The van der Waals surface area contributed by atoms with E-state index in [2.05, 4.69) is 0 Å². The summed E-state index contributed by atoms with van der Waals surface area (Å²) in [6.45, 7) is 2.33. The molecule has 1 aliphatic heterocycles. The van der Waals surface area contributed by atoms with Gasteiger partial charge < -0.3 is 10.0 Å². The van der Waals surface area contributed by atoms with E-state index >= 15 is 0 Å². The number of nitrogens with zero attached hydrogens (tertiary/aromatic N) is 1. The van der Waals surface area contributed by atoms with Crippen molar-refractivity contribution < 1.29 is 9.90 Å². The first-order valence-corrected chi connectivity index (χ1v) is 3.19. The minimum Gasteiger partial charge on any atom is -0.374 e. The quantitative estimate of drug-likeness (QED) is 0.539. The maximum absolute atomic E-state index is 10.8. The molecule has 0 aromatic carbocycles. The number of hydrogen-bond acceptors (Lipinski definition) is 2. The van der Waals surface area contributed by atoms with Gasteiger partial charge in [-0.05, 0) is 13.3 Å². The number of amides is 1. The molecule has 1 rings (SSSR count). The lowest BCUT2D eigenvalue weighted by molar-refractivity contribution is -0.135. The predicted octanol–water partition coefficient (Wildman–Crippen LogP) is -0.0529. The van der Waals surface area contributed by atoms with E-state index in [-0.39, 0.29) is 5.91 Å². The number of aliphatic hydroxyl groups is 1. The molecule has 0 aromatic heterocycles. The monoisotopic (exact) mass is 129 g/mol. The first-order chi connectivity index (χ1) is 4.22. The fourth-order valence-electron chi connectivity index (χ4n) is 1.06. The molecule has 3 heteroatoms. The molecule has 1 N–H and O–H groups in total. The van der Waals surface area contributed by atoms with E-state index in [1.54, 1.807) is 6.92 Å². The van der Waals surface area contributed by atoms with Crippen LogP contribution in [0.3, 0.4) is 0 Å². The van der Waals surface area contributed by atoms with Crippen molar-refractivity contribution in [1.29, 1.82) is 0 Å². The van der Waals surface area contributed by atoms with Crippen LogP contribution in [0.4, 0.5) is 0 Å². The molecule has 0 aliphatic carbocycles. The van der Waals surface area contributed by atoms with Crippen LogP contribution in [0.5, 0.6) is 0 Å². The van der Waals surface area contributed by atoms with Gasteiger partial charge in [0.25, 0.3) is 0 Å². The number of likely N-dealkylation sites (tertiary alicyclic amines) is 1. The summed E-state index contributed by atoms with van der Waals surface area (Å²) in [6.07, 6.45) is 0.897. The zero-order chi connectivity index (χ0) is 6.85. The maximum Gasteiger partial charge on any atom is 0.224 e. The summed E-state index contributed by atoms with van der Waals surface area (Å²) in [6, 6.07) is 0. The van der Waals surface area contributed by atoms with Gasteiger partial charge in [0, 0.05) is 13.0 Å². The molecule has 0 aromatic rings. The smallest absolute Gasteiger partial charge is 0.224 e. The van der Waals surface area contributed by atoms with E-state index in [1.807, 2.05) is 0 Å². The molecule has 1 heterocycles. The van der Waals surface area contributed by atoms with Gasteiger partial charge in [0.1, 0.15) is 6.23 Å². The highest BCUT2D eigenvalue weighted by Crippen LogP contribution is 2.10. The predicted molar refractivity (Wildman–Crippen MR) is 32.6 cm³/mol. The number of aliphatic hydroxyl groups excluding tert-OH is 1. The average molecular weight is 129 g/mol. The van der Waals surface area contributed by atoms with Crippen molar-refractivity contribution >= 4 is 5.91 Å². The normalized spacial score (nSPS) is 22.9. The van der Waals surface area contributed by atoms with Gasteiger partial charge in [0.2, 0.25) is 5.91 Å². The maximum atomic E-state index is 10.8. The van der Waals surface area contributed by atoms with E-state index in [0.717, 1.165) is 13.0 Å². The van der Waals surface area contributed by atoms with Gasteiger partial charge in [0.05, 0.1) is 0 Å². The Bertz CT molecular complexity index is 122. The van der Waals surface area contributed by atoms with Crippen LogP contribution < -0.4 is 0 Å². The van der Waals surface area contributed by atoms with Gasteiger partial charge in [-0.2, -0.15) is 0 Å². The van der Waals surface area contributed by atoms with E-state index in [9.17, 15) is 4.79 Å². The second kappa shape index (κ2) is 2.35. The van der Waals surface area contributed by atoms with E-state index in [1.165, 1.54) is 4.90 Å². The van der Waals surface area contributed by atoms with Gasteiger partial charge >= 0.3 is 0 Å². The Morgan fingerprint density at radius 2 is 2.44 bits per heavy atom. The number of carbonyl (C=O) groups is 1. The molecule has 1 saturated heterocycles. The fourth-order valence-corrected chi connectivity index (χ4v) is 1.06. The van der Waals surface area contributed by atoms with E-state index in [0.29, 0.717) is 6.42 Å². The van der Waals surface area contributed by atoms with E-state index in [4.69, 9.17) is 5.11 Å². The molecule has 0 unspecified atom stereocenters. The van der Waals surface area contributed by atoms with Crippen molar-refractivity contribution in [1.82, 2.24) is 4.90 Å². The average Bonchev–Trinajstić information content (AvgIpc) is 2.13. The van der Waals surface area contributed by atoms with Crippen molar-refractivity contribution in [3.05, 3.63) is 0 Å². The van der Waals surface area contributed by atoms with Crippen molar-refractivity contribution in [3.8, 4) is 0 Å². The summed E-state index contributed by atoms with van der Waals surface area (Å²) in [5.74, 6) is 0.0741. The van der Waals surface area contributed by atoms with Crippen LogP contribution in [0.1, 0.15) is 19.8 Å². The molecule has 3 nitrogen and oxygen atoms in total. The van der Waals surface area contributed by atoms with Gasteiger partial charge in [0.15, 0.2) is 0 Å². The third-order valence-electron chi connectivity index (χ3n) is 1.56. The van der Waals surface area contributed by atoms with Crippen molar-refractivity contribution in [2.75, 3.05) is 6.54 Å². The lowest BCUT2D eigenvalue weighted by Crippen LogP contribution is -2.33. The van der Waals surface area contributed by atoms with Gasteiger partial charge in [-0.3, -0.25) is 4.79 Å². The minimum atomic E-state index is -0.597. The highest BCUT2D eigenvalue weighted by atomic mass is 16.3. The summed E-state index contributed by atoms with van der Waals surface area (Å²) in [5.41, 5.74) is 0. The van der Waals surface area contributed by atoms with E-state index < -0.39 is 6.23 Å². The number of carbonyl (C=O) groups excluding carboxylic acids is 1. The van der Waals surface area contributed by atoms with Gasteiger partial charge in [-0.15, -0.1) is 0 Å².